The van der Waals surface area contributed by atoms with Crippen LogP contribution in [0.3, 0.4) is 0 Å². The van der Waals surface area contributed by atoms with Crippen molar-refractivity contribution >= 4 is 27.8 Å². The van der Waals surface area contributed by atoms with Crippen molar-refractivity contribution in [3.63, 3.8) is 0 Å². The van der Waals surface area contributed by atoms with Gasteiger partial charge in [-0.2, -0.15) is 8.42 Å². The number of esters is 2. The summed E-state index contributed by atoms with van der Waals surface area (Å²) in [5.41, 5.74) is -0.738. The molecule has 10 heteroatoms. The number of carbonyl (C=O) groups is 3. The van der Waals surface area contributed by atoms with Crippen LogP contribution in [0.1, 0.15) is 49.4 Å². The smallest absolute Gasteiger partial charge is 0.338 e. The first kappa shape index (κ1) is 23.6. The summed E-state index contributed by atoms with van der Waals surface area (Å²) in [4.78, 5) is 36.3. The Morgan fingerprint density at radius 2 is 1.64 bits per heavy atom. The van der Waals surface area contributed by atoms with Crippen LogP contribution in [-0.2, 0) is 29.2 Å². The molecule has 0 heterocycles. The molecule has 178 valence electrons. The van der Waals surface area contributed by atoms with Crippen LogP contribution in [0.25, 0.3) is 0 Å². The number of hydrogen-bond donors (Lipinski definition) is 1. The lowest BCUT2D eigenvalue weighted by Gasteiger charge is -2.45. The Bertz CT molecular complexity index is 1090. The van der Waals surface area contributed by atoms with Crippen molar-refractivity contribution in [3.8, 4) is 5.75 Å². The van der Waals surface area contributed by atoms with Crippen LogP contribution in [0.2, 0.25) is 0 Å². The Kier molecular flexibility index (Phi) is 5.96. The van der Waals surface area contributed by atoms with E-state index in [-0.39, 0.29) is 29.8 Å². The topological polar surface area (TPSA) is 133 Å². The molecule has 9 nitrogen and oxygen atoms in total. The predicted molar refractivity (Wildman–Crippen MR) is 115 cm³/mol. The third kappa shape index (κ3) is 5.18. The molecule has 4 aliphatic rings. The lowest BCUT2D eigenvalue weighted by molar-refractivity contribution is -0.177. The maximum Gasteiger partial charge on any atom is 0.338 e. The van der Waals surface area contributed by atoms with E-state index in [4.69, 9.17) is 18.8 Å². The average Bonchev–Trinajstić information content (AvgIpc) is 3.09. The van der Waals surface area contributed by atoms with Gasteiger partial charge in [-0.05, 0) is 68.7 Å². The number of hydrogen-bond acceptors (Lipinski definition) is 8. The molecule has 0 aliphatic heterocycles. The van der Waals surface area contributed by atoms with Gasteiger partial charge in [-0.1, -0.05) is 6.58 Å². The molecule has 0 saturated heterocycles. The zero-order valence-electron chi connectivity index (χ0n) is 18.2. The Balaban J connectivity index is 1.37. The van der Waals surface area contributed by atoms with Gasteiger partial charge in [-0.3, -0.25) is 14.1 Å². The van der Waals surface area contributed by atoms with E-state index >= 15 is 0 Å². The van der Waals surface area contributed by atoms with Crippen LogP contribution in [0.5, 0.6) is 5.75 Å². The van der Waals surface area contributed by atoms with E-state index in [9.17, 15) is 22.8 Å². The van der Waals surface area contributed by atoms with Gasteiger partial charge in [0.25, 0.3) is 10.1 Å². The van der Waals surface area contributed by atoms with E-state index in [2.05, 4.69) is 6.58 Å². The van der Waals surface area contributed by atoms with E-state index in [0.29, 0.717) is 30.6 Å². The fraction of sp³-hybridized carbons (Fsp3) is 0.522. The van der Waals surface area contributed by atoms with Gasteiger partial charge in [0.2, 0.25) is 0 Å². The average molecular weight is 479 g/mol. The second kappa shape index (κ2) is 8.34. The SMILES string of the molecule is C=C(C)C(=O)Oc1ccc(C(=O)COC23CC4CC(OC(=O)CS(=O)(=O)O)(CC4C2)C3)cc1. The molecule has 2 atom stereocenters. The van der Waals surface area contributed by atoms with Crippen molar-refractivity contribution in [1.82, 2.24) is 0 Å². The molecule has 4 bridgehead atoms. The van der Waals surface area contributed by atoms with Gasteiger partial charge < -0.3 is 14.2 Å². The van der Waals surface area contributed by atoms with Gasteiger partial charge in [0.1, 0.15) is 18.0 Å². The summed E-state index contributed by atoms with van der Waals surface area (Å²) in [6.07, 6.45) is 3.20. The first-order valence-electron chi connectivity index (χ1n) is 10.7. The summed E-state index contributed by atoms with van der Waals surface area (Å²) in [5, 5.41) is 0. The number of benzene rings is 1. The second-order valence-electron chi connectivity index (χ2n) is 9.49. The molecular formula is C23H26O9S. The van der Waals surface area contributed by atoms with Gasteiger partial charge in [0.05, 0.1) is 5.60 Å². The van der Waals surface area contributed by atoms with E-state index < -0.39 is 39.0 Å². The lowest BCUT2D eigenvalue weighted by Crippen LogP contribution is -2.49. The highest BCUT2D eigenvalue weighted by Crippen LogP contribution is 2.64. The largest absolute Gasteiger partial charge is 0.458 e. The van der Waals surface area contributed by atoms with Gasteiger partial charge in [0.15, 0.2) is 11.5 Å². The van der Waals surface area contributed by atoms with Crippen LogP contribution in [0.4, 0.5) is 0 Å². The summed E-state index contributed by atoms with van der Waals surface area (Å²) < 4.78 is 47.7. The Morgan fingerprint density at radius 1 is 1.06 bits per heavy atom. The zero-order valence-corrected chi connectivity index (χ0v) is 19.1. The Labute approximate surface area is 191 Å². The van der Waals surface area contributed by atoms with Crippen LogP contribution in [-0.4, -0.2) is 54.3 Å². The quantitative estimate of drug-likeness (QED) is 0.187. The monoisotopic (exact) mass is 478 g/mol. The minimum Gasteiger partial charge on any atom is -0.458 e. The molecule has 4 saturated carbocycles. The maximum atomic E-state index is 12.7. The molecule has 2 unspecified atom stereocenters. The first-order valence-corrected chi connectivity index (χ1v) is 12.3. The molecule has 0 amide bonds. The van der Waals surface area contributed by atoms with Crippen molar-refractivity contribution < 1.29 is 41.6 Å². The van der Waals surface area contributed by atoms with Crippen molar-refractivity contribution in [2.24, 2.45) is 11.8 Å². The third-order valence-electron chi connectivity index (χ3n) is 6.72. The summed E-state index contributed by atoms with van der Waals surface area (Å²) in [6, 6.07) is 6.16. The zero-order chi connectivity index (χ0) is 24.0. The molecule has 0 aromatic heterocycles. The Hall–Kier alpha value is -2.56. The highest BCUT2D eigenvalue weighted by Gasteiger charge is 2.65. The van der Waals surface area contributed by atoms with Crippen molar-refractivity contribution in [2.75, 3.05) is 12.4 Å². The fourth-order valence-electron chi connectivity index (χ4n) is 5.68. The van der Waals surface area contributed by atoms with Crippen LogP contribution in [0.15, 0.2) is 36.4 Å². The summed E-state index contributed by atoms with van der Waals surface area (Å²) in [7, 11) is -4.46. The molecular weight excluding hydrogens is 452 g/mol. The number of ketones is 1. The highest BCUT2D eigenvalue weighted by molar-refractivity contribution is 7.86. The number of rotatable bonds is 9. The predicted octanol–water partition coefficient (Wildman–Crippen LogP) is 2.50. The number of carbonyl (C=O) groups excluding carboxylic acids is 3. The second-order valence-corrected chi connectivity index (χ2v) is 10.9. The van der Waals surface area contributed by atoms with Crippen molar-refractivity contribution in [2.45, 2.75) is 50.2 Å². The van der Waals surface area contributed by atoms with Crippen LogP contribution in [0, 0.1) is 11.8 Å². The lowest BCUT2D eigenvalue weighted by atomic mass is 9.75. The van der Waals surface area contributed by atoms with Crippen molar-refractivity contribution in [3.05, 3.63) is 42.0 Å². The fourth-order valence-corrected chi connectivity index (χ4v) is 6.03. The van der Waals surface area contributed by atoms with Gasteiger partial charge in [-0.15, -0.1) is 0 Å². The summed E-state index contributed by atoms with van der Waals surface area (Å²) >= 11 is 0. The molecule has 1 aromatic carbocycles. The normalized spacial score (nSPS) is 29.6. The molecule has 1 N–H and O–H groups in total. The van der Waals surface area contributed by atoms with Crippen molar-refractivity contribution in [1.29, 1.82) is 0 Å². The standard InChI is InChI=1S/C23H26O9S/c1-14(2)21(26)31-18-5-3-15(4-6-18)19(24)11-30-22-7-16-9-23(13-22,10-17(16)8-22)32-20(25)12-33(27,28)29/h3-6,16-17H,1,7-13H2,2H3,(H,27,28,29). The molecule has 1 aromatic rings. The molecule has 0 radical (unpaired) electrons. The van der Waals surface area contributed by atoms with E-state index in [1.807, 2.05) is 0 Å². The number of ether oxygens (including phenoxy) is 3. The molecule has 33 heavy (non-hydrogen) atoms. The molecule has 5 rings (SSSR count). The number of Topliss-reactive ketones (excluding diaryl/α,β-unsaturated/α-hetero) is 1. The van der Waals surface area contributed by atoms with Gasteiger partial charge in [-0.25, -0.2) is 4.79 Å². The summed E-state index contributed by atoms with van der Waals surface area (Å²) in [6.45, 7) is 4.91. The first-order chi connectivity index (χ1) is 15.4. The van der Waals surface area contributed by atoms with E-state index in [1.54, 1.807) is 19.1 Å². The maximum absolute atomic E-state index is 12.7. The third-order valence-corrected chi connectivity index (χ3v) is 7.32. The van der Waals surface area contributed by atoms with Gasteiger partial charge in [0, 0.05) is 17.6 Å². The molecule has 4 aliphatic carbocycles. The Morgan fingerprint density at radius 3 is 2.18 bits per heavy atom. The van der Waals surface area contributed by atoms with Crippen LogP contribution < -0.4 is 4.74 Å². The van der Waals surface area contributed by atoms with E-state index in [0.717, 1.165) is 12.8 Å². The summed E-state index contributed by atoms with van der Waals surface area (Å²) in [5.74, 6) is -1.95. The van der Waals surface area contributed by atoms with Crippen LogP contribution >= 0.6 is 0 Å². The molecule has 0 spiro atoms. The van der Waals surface area contributed by atoms with E-state index in [1.165, 1.54) is 12.1 Å². The minimum atomic E-state index is -4.46. The molecule has 4 fully saturated rings. The minimum absolute atomic E-state index is 0.153. The van der Waals surface area contributed by atoms with Gasteiger partial charge >= 0.3 is 11.9 Å². The highest BCUT2D eigenvalue weighted by atomic mass is 32.2.